The molecule has 0 aromatic heterocycles. The highest BCUT2D eigenvalue weighted by atomic mass is 16.6. The molecule has 0 unspecified atom stereocenters. The number of aryl methyl sites for hydroxylation is 3. The molecule has 0 fully saturated rings. The van der Waals surface area contributed by atoms with Gasteiger partial charge in [-0.2, -0.15) is 0 Å². The monoisotopic (exact) mass is 414 g/mol. The molecule has 0 saturated heterocycles. The molecule has 0 heterocycles. The molecule has 6 heteroatoms. The van der Waals surface area contributed by atoms with Crippen LogP contribution in [0.3, 0.4) is 0 Å². The molecule has 0 radical (unpaired) electrons. The van der Waals surface area contributed by atoms with Crippen molar-refractivity contribution >= 4 is 11.9 Å². The zero-order valence-corrected chi connectivity index (χ0v) is 18.6. The van der Waals surface area contributed by atoms with Crippen LogP contribution in [0.5, 0.6) is 11.5 Å². The summed E-state index contributed by atoms with van der Waals surface area (Å²) in [4.78, 5) is 23.6. The Kier molecular flexibility index (Phi) is 8.27. The zero-order valence-electron chi connectivity index (χ0n) is 18.6. The minimum absolute atomic E-state index is 0.200. The Balaban J connectivity index is 2.51. The molecular formula is C24H30O6. The van der Waals surface area contributed by atoms with E-state index in [0.717, 1.165) is 27.8 Å². The highest BCUT2D eigenvalue weighted by molar-refractivity contribution is 5.81. The Labute approximate surface area is 178 Å². The van der Waals surface area contributed by atoms with Crippen LogP contribution < -0.4 is 9.47 Å². The molecule has 6 nitrogen and oxygen atoms in total. The van der Waals surface area contributed by atoms with Crippen LogP contribution in [0, 0.1) is 27.7 Å². The lowest BCUT2D eigenvalue weighted by molar-refractivity contribution is -0.146. The van der Waals surface area contributed by atoms with Crippen molar-refractivity contribution < 1.29 is 28.5 Å². The summed E-state index contributed by atoms with van der Waals surface area (Å²) in [5.74, 6) is 0.158. The van der Waals surface area contributed by atoms with Gasteiger partial charge in [-0.3, -0.25) is 0 Å². The van der Waals surface area contributed by atoms with Gasteiger partial charge >= 0.3 is 11.9 Å². The predicted octanol–water partition coefficient (Wildman–Crippen LogP) is 4.47. The Morgan fingerprint density at radius 3 is 2.00 bits per heavy atom. The van der Waals surface area contributed by atoms with E-state index in [1.54, 1.807) is 13.8 Å². The lowest BCUT2D eigenvalue weighted by Gasteiger charge is -2.21. The van der Waals surface area contributed by atoms with Crippen LogP contribution in [0.25, 0.3) is 11.1 Å². The number of carbonyl (C=O) groups is 2. The first-order valence-electron chi connectivity index (χ1n) is 10.1. The van der Waals surface area contributed by atoms with E-state index in [1.165, 1.54) is 0 Å². The molecule has 0 N–H and O–H groups in total. The molecule has 0 aliphatic carbocycles. The maximum atomic E-state index is 11.9. The third-order valence-electron chi connectivity index (χ3n) is 4.63. The van der Waals surface area contributed by atoms with Gasteiger partial charge in [0.1, 0.15) is 11.5 Å². The summed E-state index contributed by atoms with van der Waals surface area (Å²) in [5.41, 5.74) is 5.72. The van der Waals surface area contributed by atoms with Crippen molar-refractivity contribution in [3.8, 4) is 22.6 Å². The fourth-order valence-corrected chi connectivity index (χ4v) is 3.20. The normalized spacial score (nSPS) is 10.5. The molecular weight excluding hydrogens is 384 g/mol. The number of carbonyl (C=O) groups excluding carboxylic acids is 2. The van der Waals surface area contributed by atoms with Gasteiger partial charge in [0.25, 0.3) is 0 Å². The minimum atomic E-state index is -0.445. The molecule has 0 bridgehead atoms. The van der Waals surface area contributed by atoms with Gasteiger partial charge in [0, 0.05) is 11.1 Å². The second-order valence-corrected chi connectivity index (χ2v) is 7.03. The maximum Gasteiger partial charge on any atom is 0.344 e. The summed E-state index contributed by atoms with van der Waals surface area (Å²) >= 11 is 0. The summed E-state index contributed by atoms with van der Waals surface area (Å²) in [6.07, 6.45) is 0. The van der Waals surface area contributed by atoms with Crippen molar-refractivity contribution in [1.82, 2.24) is 0 Å². The van der Waals surface area contributed by atoms with E-state index in [-0.39, 0.29) is 19.8 Å². The maximum absolute atomic E-state index is 11.9. The third-order valence-corrected chi connectivity index (χ3v) is 4.63. The number of esters is 2. The van der Waals surface area contributed by atoms with Crippen LogP contribution >= 0.6 is 0 Å². The SMILES string of the molecule is CCOC(=O)COc1cc(C)c(-c2cc(C)ccc2C)c(OCC(=O)OCC)c1C. The van der Waals surface area contributed by atoms with Crippen molar-refractivity contribution in [3.05, 3.63) is 46.5 Å². The van der Waals surface area contributed by atoms with Crippen molar-refractivity contribution in [2.45, 2.75) is 41.5 Å². The van der Waals surface area contributed by atoms with E-state index in [2.05, 4.69) is 18.2 Å². The molecule has 2 aromatic rings. The lowest BCUT2D eigenvalue weighted by Crippen LogP contribution is -2.17. The summed E-state index contributed by atoms with van der Waals surface area (Å²) in [5, 5.41) is 0. The van der Waals surface area contributed by atoms with E-state index in [4.69, 9.17) is 18.9 Å². The van der Waals surface area contributed by atoms with Crippen LogP contribution in [0.2, 0.25) is 0 Å². The zero-order chi connectivity index (χ0) is 22.3. The van der Waals surface area contributed by atoms with E-state index in [9.17, 15) is 9.59 Å². The largest absolute Gasteiger partial charge is 0.481 e. The van der Waals surface area contributed by atoms with Crippen molar-refractivity contribution in [3.63, 3.8) is 0 Å². The Hall–Kier alpha value is -3.02. The summed E-state index contributed by atoms with van der Waals surface area (Å²) in [6, 6.07) is 8.08. The van der Waals surface area contributed by atoms with Gasteiger partial charge in [0.2, 0.25) is 0 Å². The number of benzene rings is 2. The fourth-order valence-electron chi connectivity index (χ4n) is 3.20. The first kappa shape index (κ1) is 23.3. The van der Waals surface area contributed by atoms with Gasteiger partial charge in [0.15, 0.2) is 13.2 Å². The number of rotatable bonds is 9. The predicted molar refractivity (Wildman–Crippen MR) is 115 cm³/mol. The highest BCUT2D eigenvalue weighted by Crippen LogP contribution is 2.42. The van der Waals surface area contributed by atoms with Gasteiger partial charge in [-0.15, -0.1) is 0 Å². The fraction of sp³-hybridized carbons (Fsp3) is 0.417. The second-order valence-electron chi connectivity index (χ2n) is 7.03. The van der Waals surface area contributed by atoms with Crippen LogP contribution in [0.4, 0.5) is 0 Å². The van der Waals surface area contributed by atoms with Crippen molar-refractivity contribution in [2.75, 3.05) is 26.4 Å². The molecule has 30 heavy (non-hydrogen) atoms. The molecule has 0 spiro atoms. The van der Waals surface area contributed by atoms with E-state index >= 15 is 0 Å². The Bertz CT molecular complexity index is 916. The molecule has 162 valence electrons. The molecule has 0 saturated carbocycles. The number of ether oxygens (including phenoxy) is 4. The van der Waals surface area contributed by atoms with E-state index in [0.29, 0.717) is 23.7 Å². The molecule has 0 aliphatic heterocycles. The van der Waals surface area contributed by atoms with Crippen LogP contribution in [0.15, 0.2) is 24.3 Å². The quantitative estimate of drug-likeness (QED) is 0.564. The molecule has 0 atom stereocenters. The third kappa shape index (κ3) is 5.75. The van der Waals surface area contributed by atoms with Crippen molar-refractivity contribution in [2.24, 2.45) is 0 Å². The van der Waals surface area contributed by atoms with Gasteiger partial charge in [0.05, 0.1) is 13.2 Å². The molecule has 2 aromatic carbocycles. The average Bonchev–Trinajstić information content (AvgIpc) is 2.69. The van der Waals surface area contributed by atoms with Crippen LogP contribution in [-0.2, 0) is 19.1 Å². The van der Waals surface area contributed by atoms with Gasteiger partial charge in [-0.05, 0) is 64.3 Å². The number of hydrogen-bond acceptors (Lipinski definition) is 6. The van der Waals surface area contributed by atoms with Crippen LogP contribution in [-0.4, -0.2) is 38.4 Å². The topological polar surface area (TPSA) is 71.1 Å². The molecule has 2 rings (SSSR count). The van der Waals surface area contributed by atoms with Gasteiger partial charge < -0.3 is 18.9 Å². The molecule has 0 amide bonds. The van der Waals surface area contributed by atoms with Crippen molar-refractivity contribution in [1.29, 1.82) is 0 Å². The summed E-state index contributed by atoms with van der Waals surface area (Å²) in [7, 11) is 0. The highest BCUT2D eigenvalue weighted by Gasteiger charge is 2.20. The average molecular weight is 414 g/mol. The first-order chi connectivity index (χ1) is 14.3. The Morgan fingerprint density at radius 2 is 1.40 bits per heavy atom. The Morgan fingerprint density at radius 1 is 0.800 bits per heavy atom. The summed E-state index contributed by atoms with van der Waals surface area (Å²) in [6.45, 7) is 11.5. The van der Waals surface area contributed by atoms with Crippen LogP contribution in [0.1, 0.15) is 36.1 Å². The summed E-state index contributed by atoms with van der Waals surface area (Å²) < 4.78 is 21.6. The van der Waals surface area contributed by atoms with E-state index in [1.807, 2.05) is 33.8 Å². The van der Waals surface area contributed by atoms with Gasteiger partial charge in [-0.25, -0.2) is 9.59 Å². The minimum Gasteiger partial charge on any atom is -0.481 e. The smallest absolute Gasteiger partial charge is 0.344 e. The standard InChI is InChI=1S/C24H30O6/c1-7-27-21(25)13-29-20-12-17(5)23(19-11-15(3)9-10-16(19)4)24(18(20)6)30-14-22(26)28-8-2/h9-12H,7-8,13-14H2,1-6H3. The van der Waals surface area contributed by atoms with E-state index < -0.39 is 11.9 Å². The lowest BCUT2D eigenvalue weighted by atomic mass is 9.92. The number of hydrogen-bond donors (Lipinski definition) is 0. The van der Waals surface area contributed by atoms with Gasteiger partial charge in [-0.1, -0.05) is 23.8 Å². The molecule has 0 aliphatic rings. The first-order valence-corrected chi connectivity index (χ1v) is 10.1. The second kappa shape index (κ2) is 10.7.